The number of likely N-dealkylation sites (tertiary alicyclic amines) is 1. The van der Waals surface area contributed by atoms with Crippen LogP contribution in [0, 0.1) is 11.7 Å². The number of amides is 3. The molecule has 1 fully saturated rings. The maximum Gasteiger partial charge on any atom is 0.315 e. The second-order valence-corrected chi connectivity index (χ2v) is 8.17. The van der Waals surface area contributed by atoms with E-state index in [2.05, 4.69) is 10.6 Å². The van der Waals surface area contributed by atoms with Gasteiger partial charge in [0, 0.05) is 19.1 Å². The van der Waals surface area contributed by atoms with Crippen LogP contribution in [0.3, 0.4) is 0 Å². The average Bonchev–Trinajstić information content (AvgIpc) is 3.28. The molecule has 3 amide bonds. The molecule has 2 atom stereocenters. The van der Waals surface area contributed by atoms with Crippen molar-refractivity contribution in [3.63, 3.8) is 0 Å². The Morgan fingerprint density at radius 1 is 0.967 bits per heavy atom. The van der Waals surface area contributed by atoms with Gasteiger partial charge >= 0.3 is 6.03 Å². The third kappa shape index (κ3) is 5.81. The predicted octanol–water partition coefficient (Wildman–Crippen LogP) is 4.06. The van der Waals surface area contributed by atoms with E-state index < -0.39 is 6.04 Å². The standard InChI is InChI=1S/C24H30FN3O2/c1-17(2)21(16-18-10-12-20(25)13-11-18)26-24(30)27-22(19-8-4-3-5-9-19)23(29)28-14-6-7-15-28/h3-5,8-13,17,21-22H,6-7,14-16H2,1-2H3,(H2,26,27,30). The van der Waals surface area contributed by atoms with Crippen LogP contribution in [0.15, 0.2) is 54.6 Å². The minimum atomic E-state index is -0.720. The molecule has 1 aliphatic heterocycles. The molecule has 0 saturated carbocycles. The number of hydrogen-bond acceptors (Lipinski definition) is 2. The molecular formula is C24H30FN3O2. The van der Waals surface area contributed by atoms with E-state index in [9.17, 15) is 14.0 Å². The largest absolute Gasteiger partial charge is 0.341 e. The van der Waals surface area contributed by atoms with E-state index in [1.807, 2.05) is 49.1 Å². The first-order chi connectivity index (χ1) is 14.4. The highest BCUT2D eigenvalue weighted by molar-refractivity contribution is 5.88. The number of nitrogens with one attached hydrogen (secondary N) is 2. The molecule has 30 heavy (non-hydrogen) atoms. The Morgan fingerprint density at radius 2 is 1.60 bits per heavy atom. The first kappa shape index (κ1) is 21.8. The fourth-order valence-corrected chi connectivity index (χ4v) is 3.72. The third-order valence-corrected chi connectivity index (χ3v) is 5.56. The summed E-state index contributed by atoms with van der Waals surface area (Å²) in [7, 11) is 0. The summed E-state index contributed by atoms with van der Waals surface area (Å²) in [6.45, 7) is 5.51. The van der Waals surface area contributed by atoms with Gasteiger partial charge in [0.05, 0.1) is 0 Å². The summed E-state index contributed by atoms with van der Waals surface area (Å²) in [5.41, 5.74) is 1.72. The normalized spacial score (nSPS) is 15.7. The molecule has 5 nitrogen and oxygen atoms in total. The number of carbonyl (C=O) groups is 2. The van der Waals surface area contributed by atoms with E-state index in [1.165, 1.54) is 12.1 Å². The molecule has 2 N–H and O–H groups in total. The van der Waals surface area contributed by atoms with Crippen LogP contribution in [0.5, 0.6) is 0 Å². The van der Waals surface area contributed by atoms with Gasteiger partial charge in [-0.05, 0) is 48.4 Å². The second kappa shape index (κ2) is 10.2. The van der Waals surface area contributed by atoms with Gasteiger partial charge in [0.1, 0.15) is 11.9 Å². The van der Waals surface area contributed by atoms with Crippen molar-refractivity contribution in [3.05, 3.63) is 71.5 Å². The quantitative estimate of drug-likeness (QED) is 0.722. The van der Waals surface area contributed by atoms with Gasteiger partial charge in [0.25, 0.3) is 0 Å². The van der Waals surface area contributed by atoms with Crippen LogP contribution in [0.4, 0.5) is 9.18 Å². The fraction of sp³-hybridized carbons (Fsp3) is 0.417. The van der Waals surface area contributed by atoms with Gasteiger partial charge in [0.15, 0.2) is 0 Å². The molecule has 2 unspecified atom stereocenters. The monoisotopic (exact) mass is 411 g/mol. The van der Waals surface area contributed by atoms with Crippen LogP contribution in [-0.4, -0.2) is 36.0 Å². The number of halogens is 1. The molecule has 1 saturated heterocycles. The summed E-state index contributed by atoms with van der Waals surface area (Å²) in [5.74, 6) is -0.185. The minimum absolute atomic E-state index is 0.0755. The molecule has 6 heteroatoms. The number of hydrogen-bond donors (Lipinski definition) is 2. The van der Waals surface area contributed by atoms with Crippen molar-refractivity contribution in [1.29, 1.82) is 0 Å². The zero-order chi connectivity index (χ0) is 21.5. The molecule has 2 aromatic rings. The first-order valence-electron chi connectivity index (χ1n) is 10.6. The number of benzene rings is 2. The zero-order valence-electron chi connectivity index (χ0n) is 17.6. The zero-order valence-corrected chi connectivity index (χ0v) is 17.6. The van der Waals surface area contributed by atoms with Crippen LogP contribution in [0.2, 0.25) is 0 Å². The highest BCUT2D eigenvalue weighted by atomic mass is 19.1. The molecule has 1 heterocycles. The molecule has 1 aliphatic rings. The molecule has 0 spiro atoms. The van der Waals surface area contributed by atoms with Crippen LogP contribution >= 0.6 is 0 Å². The van der Waals surface area contributed by atoms with Crippen molar-refractivity contribution < 1.29 is 14.0 Å². The Labute approximate surface area is 177 Å². The lowest BCUT2D eigenvalue weighted by Crippen LogP contribution is -2.49. The minimum Gasteiger partial charge on any atom is -0.341 e. The number of rotatable bonds is 7. The van der Waals surface area contributed by atoms with Crippen LogP contribution < -0.4 is 10.6 Å². The van der Waals surface area contributed by atoms with Gasteiger partial charge < -0.3 is 15.5 Å². The second-order valence-electron chi connectivity index (χ2n) is 8.17. The maximum absolute atomic E-state index is 13.2. The summed E-state index contributed by atoms with van der Waals surface area (Å²) in [4.78, 5) is 27.7. The van der Waals surface area contributed by atoms with E-state index in [1.54, 1.807) is 12.1 Å². The molecule has 0 radical (unpaired) electrons. The van der Waals surface area contributed by atoms with Crippen LogP contribution in [0.25, 0.3) is 0 Å². The van der Waals surface area contributed by atoms with Gasteiger partial charge in [-0.25, -0.2) is 9.18 Å². The molecule has 3 rings (SSSR count). The van der Waals surface area contributed by atoms with E-state index >= 15 is 0 Å². The van der Waals surface area contributed by atoms with E-state index in [0.717, 1.165) is 37.1 Å². The van der Waals surface area contributed by atoms with Crippen molar-refractivity contribution in [2.45, 2.75) is 45.2 Å². The molecule has 160 valence electrons. The van der Waals surface area contributed by atoms with E-state index in [-0.39, 0.29) is 29.7 Å². The van der Waals surface area contributed by atoms with Crippen molar-refractivity contribution in [2.24, 2.45) is 5.92 Å². The maximum atomic E-state index is 13.2. The molecule has 2 aromatic carbocycles. The van der Waals surface area contributed by atoms with E-state index in [4.69, 9.17) is 0 Å². The van der Waals surface area contributed by atoms with Crippen molar-refractivity contribution >= 4 is 11.9 Å². The highest BCUT2D eigenvalue weighted by Crippen LogP contribution is 2.19. The molecule has 0 bridgehead atoms. The smallest absolute Gasteiger partial charge is 0.315 e. The van der Waals surface area contributed by atoms with Gasteiger partial charge in [-0.3, -0.25) is 4.79 Å². The van der Waals surface area contributed by atoms with Crippen molar-refractivity contribution in [1.82, 2.24) is 15.5 Å². The molecule has 0 aliphatic carbocycles. The van der Waals surface area contributed by atoms with Gasteiger partial charge in [-0.15, -0.1) is 0 Å². The Hall–Kier alpha value is -2.89. The highest BCUT2D eigenvalue weighted by Gasteiger charge is 2.29. The lowest BCUT2D eigenvalue weighted by atomic mass is 9.96. The molecular weight excluding hydrogens is 381 g/mol. The summed E-state index contributed by atoms with van der Waals surface area (Å²) < 4.78 is 13.2. The third-order valence-electron chi connectivity index (χ3n) is 5.56. The summed E-state index contributed by atoms with van der Waals surface area (Å²) in [6, 6.07) is 14.4. The van der Waals surface area contributed by atoms with Gasteiger partial charge in [-0.2, -0.15) is 0 Å². The summed E-state index contributed by atoms with van der Waals surface area (Å²) >= 11 is 0. The lowest BCUT2D eigenvalue weighted by Gasteiger charge is -2.27. The Balaban J connectivity index is 1.70. The average molecular weight is 412 g/mol. The summed E-state index contributed by atoms with van der Waals surface area (Å²) in [6.07, 6.45) is 2.57. The number of urea groups is 1. The Bertz CT molecular complexity index is 833. The van der Waals surface area contributed by atoms with Crippen molar-refractivity contribution in [3.8, 4) is 0 Å². The Morgan fingerprint density at radius 3 is 2.20 bits per heavy atom. The first-order valence-corrected chi connectivity index (χ1v) is 10.6. The van der Waals surface area contributed by atoms with Gasteiger partial charge in [0.2, 0.25) is 5.91 Å². The fourth-order valence-electron chi connectivity index (χ4n) is 3.72. The molecule has 0 aromatic heterocycles. The van der Waals surface area contributed by atoms with Crippen LogP contribution in [0.1, 0.15) is 43.9 Å². The number of carbonyl (C=O) groups excluding carboxylic acids is 2. The number of nitrogens with zero attached hydrogens (tertiary/aromatic N) is 1. The van der Waals surface area contributed by atoms with E-state index in [0.29, 0.717) is 6.42 Å². The van der Waals surface area contributed by atoms with Crippen LogP contribution in [-0.2, 0) is 11.2 Å². The lowest BCUT2D eigenvalue weighted by molar-refractivity contribution is -0.132. The topological polar surface area (TPSA) is 61.4 Å². The SMILES string of the molecule is CC(C)C(Cc1ccc(F)cc1)NC(=O)NC(C(=O)N1CCCC1)c1ccccc1. The summed E-state index contributed by atoms with van der Waals surface area (Å²) in [5, 5.41) is 5.90. The predicted molar refractivity (Wildman–Crippen MR) is 115 cm³/mol. The Kier molecular flexibility index (Phi) is 7.44. The van der Waals surface area contributed by atoms with Gasteiger partial charge in [-0.1, -0.05) is 56.3 Å². The van der Waals surface area contributed by atoms with Crippen molar-refractivity contribution in [2.75, 3.05) is 13.1 Å².